The summed E-state index contributed by atoms with van der Waals surface area (Å²) in [6, 6.07) is 17.7. The molecule has 136 valence electrons. The second kappa shape index (κ2) is 8.14. The van der Waals surface area contributed by atoms with Crippen LogP contribution < -0.4 is 15.4 Å². The molecule has 0 spiro atoms. The molecule has 3 rings (SSSR count). The maximum absolute atomic E-state index is 12.4. The van der Waals surface area contributed by atoms with Gasteiger partial charge in [-0.3, -0.25) is 9.59 Å². The third-order valence-electron chi connectivity index (χ3n) is 3.91. The lowest BCUT2D eigenvalue weighted by Gasteiger charge is -2.10. The zero-order valence-electron chi connectivity index (χ0n) is 15.0. The van der Waals surface area contributed by atoms with Crippen LogP contribution in [0.1, 0.15) is 27.8 Å². The molecule has 0 aliphatic carbocycles. The lowest BCUT2D eigenvalue weighted by molar-refractivity contribution is 0.101. The Morgan fingerprint density at radius 3 is 2.48 bits per heavy atom. The number of Topliss-reactive ketones (excluding diaryl/α,β-unsaturated/α-hetero) is 1. The quantitative estimate of drug-likeness (QED) is 0.640. The predicted molar refractivity (Wildman–Crippen MR) is 105 cm³/mol. The number of methoxy groups -OCH3 is 1. The van der Waals surface area contributed by atoms with Crippen LogP contribution in [0, 0.1) is 0 Å². The fraction of sp³-hybridized carbons (Fsp3) is 0.0952. The van der Waals surface area contributed by atoms with Crippen molar-refractivity contribution in [3.05, 3.63) is 78.1 Å². The van der Waals surface area contributed by atoms with Crippen LogP contribution in [0.5, 0.6) is 5.75 Å². The highest BCUT2D eigenvalue weighted by Crippen LogP contribution is 2.24. The van der Waals surface area contributed by atoms with E-state index in [0.717, 1.165) is 5.69 Å². The molecule has 3 aromatic rings. The summed E-state index contributed by atoms with van der Waals surface area (Å²) in [5.41, 5.74) is 2.97. The van der Waals surface area contributed by atoms with Gasteiger partial charge < -0.3 is 15.4 Å². The van der Waals surface area contributed by atoms with Crippen molar-refractivity contribution in [1.29, 1.82) is 0 Å². The number of aromatic nitrogens is 1. The molecular formula is C21H19N3O3. The van der Waals surface area contributed by atoms with E-state index >= 15 is 0 Å². The van der Waals surface area contributed by atoms with Gasteiger partial charge in [-0.05, 0) is 43.3 Å². The number of ether oxygens (including phenoxy) is 1. The normalized spacial score (nSPS) is 10.1. The number of anilines is 3. The average Bonchev–Trinajstić information content (AvgIpc) is 2.69. The Hall–Kier alpha value is -3.67. The Balaban J connectivity index is 1.70. The minimum Gasteiger partial charge on any atom is -0.495 e. The van der Waals surface area contributed by atoms with Gasteiger partial charge in [0.2, 0.25) is 0 Å². The smallest absolute Gasteiger partial charge is 0.274 e. The summed E-state index contributed by atoms with van der Waals surface area (Å²) in [6.07, 6.45) is 1.57. The first-order valence-electron chi connectivity index (χ1n) is 8.35. The molecular weight excluding hydrogens is 342 g/mol. The summed E-state index contributed by atoms with van der Waals surface area (Å²) >= 11 is 0. The maximum Gasteiger partial charge on any atom is 0.274 e. The second-order valence-corrected chi connectivity index (χ2v) is 5.85. The third-order valence-corrected chi connectivity index (χ3v) is 3.91. The van der Waals surface area contributed by atoms with E-state index in [1.54, 1.807) is 49.7 Å². The standard InChI is InChI=1S/C21H19N3O3/c1-14(25)15-6-5-7-16(12-15)23-17-10-11-19(22-13-17)21(26)24-18-8-3-4-9-20(18)27-2/h3-13,23H,1-2H3,(H,24,26). The number of nitrogens with one attached hydrogen (secondary N) is 2. The molecule has 1 heterocycles. The number of nitrogens with zero attached hydrogens (tertiary/aromatic N) is 1. The van der Waals surface area contributed by atoms with E-state index in [4.69, 9.17) is 4.74 Å². The number of hydrogen-bond donors (Lipinski definition) is 2. The molecule has 0 fully saturated rings. The Morgan fingerprint density at radius 2 is 1.78 bits per heavy atom. The van der Waals surface area contributed by atoms with Crippen LogP contribution in [0.2, 0.25) is 0 Å². The van der Waals surface area contributed by atoms with Crippen molar-refractivity contribution < 1.29 is 14.3 Å². The fourth-order valence-electron chi connectivity index (χ4n) is 2.52. The van der Waals surface area contributed by atoms with Gasteiger partial charge in [-0.1, -0.05) is 24.3 Å². The molecule has 0 aliphatic heterocycles. The van der Waals surface area contributed by atoms with Crippen LogP contribution in [0.4, 0.5) is 17.1 Å². The van der Waals surface area contributed by atoms with Crippen molar-refractivity contribution in [2.45, 2.75) is 6.92 Å². The van der Waals surface area contributed by atoms with Crippen LogP contribution in [0.15, 0.2) is 66.9 Å². The first kappa shape index (κ1) is 18.1. The number of carbonyl (C=O) groups is 2. The summed E-state index contributed by atoms with van der Waals surface area (Å²) < 4.78 is 5.22. The Kier molecular flexibility index (Phi) is 5.47. The van der Waals surface area contributed by atoms with Gasteiger partial charge in [0.1, 0.15) is 11.4 Å². The van der Waals surface area contributed by atoms with Gasteiger partial charge in [-0.2, -0.15) is 0 Å². The minimum absolute atomic E-state index is 0.000124. The van der Waals surface area contributed by atoms with Crippen LogP contribution >= 0.6 is 0 Å². The topological polar surface area (TPSA) is 80.3 Å². The molecule has 0 radical (unpaired) electrons. The summed E-state index contributed by atoms with van der Waals surface area (Å²) in [5, 5.41) is 5.95. The Labute approximate surface area is 157 Å². The molecule has 2 aromatic carbocycles. The maximum atomic E-state index is 12.4. The summed E-state index contributed by atoms with van der Waals surface area (Å²) in [7, 11) is 1.55. The largest absolute Gasteiger partial charge is 0.495 e. The highest BCUT2D eigenvalue weighted by atomic mass is 16.5. The first-order chi connectivity index (χ1) is 13.1. The molecule has 0 aliphatic rings. The molecule has 1 amide bonds. The van der Waals surface area contributed by atoms with Gasteiger partial charge in [0.15, 0.2) is 5.78 Å². The van der Waals surface area contributed by atoms with Gasteiger partial charge in [0.25, 0.3) is 5.91 Å². The van der Waals surface area contributed by atoms with Gasteiger partial charge in [0, 0.05) is 11.3 Å². The van der Waals surface area contributed by atoms with Crippen LogP contribution in [-0.2, 0) is 0 Å². The van der Waals surface area contributed by atoms with Gasteiger partial charge in [-0.15, -0.1) is 0 Å². The van der Waals surface area contributed by atoms with Crippen molar-refractivity contribution in [2.75, 3.05) is 17.7 Å². The monoisotopic (exact) mass is 361 g/mol. The van der Waals surface area contributed by atoms with E-state index in [1.807, 2.05) is 24.3 Å². The molecule has 6 heteroatoms. The Bertz CT molecular complexity index is 968. The van der Waals surface area contributed by atoms with Crippen LogP contribution in [0.3, 0.4) is 0 Å². The van der Waals surface area contributed by atoms with Crippen molar-refractivity contribution in [1.82, 2.24) is 4.98 Å². The van der Waals surface area contributed by atoms with E-state index in [9.17, 15) is 9.59 Å². The SMILES string of the molecule is COc1ccccc1NC(=O)c1ccc(Nc2cccc(C(C)=O)c2)cn1. The fourth-order valence-corrected chi connectivity index (χ4v) is 2.52. The minimum atomic E-state index is -0.329. The zero-order chi connectivity index (χ0) is 19.2. The van der Waals surface area contributed by atoms with Gasteiger partial charge in [0.05, 0.1) is 24.7 Å². The number of hydrogen-bond acceptors (Lipinski definition) is 5. The van der Waals surface area contributed by atoms with Gasteiger partial charge in [-0.25, -0.2) is 4.98 Å². The number of amides is 1. The lowest BCUT2D eigenvalue weighted by atomic mass is 10.1. The Morgan fingerprint density at radius 1 is 0.963 bits per heavy atom. The molecule has 0 unspecified atom stereocenters. The number of rotatable bonds is 6. The lowest BCUT2D eigenvalue weighted by Crippen LogP contribution is -2.14. The summed E-state index contributed by atoms with van der Waals surface area (Å²) in [6.45, 7) is 1.52. The molecule has 0 atom stereocenters. The first-order valence-corrected chi connectivity index (χ1v) is 8.35. The number of benzene rings is 2. The number of para-hydroxylation sites is 2. The van der Waals surface area contributed by atoms with Crippen molar-refractivity contribution in [3.63, 3.8) is 0 Å². The highest BCUT2D eigenvalue weighted by Gasteiger charge is 2.10. The molecule has 2 N–H and O–H groups in total. The second-order valence-electron chi connectivity index (χ2n) is 5.85. The average molecular weight is 361 g/mol. The molecule has 6 nitrogen and oxygen atoms in total. The third kappa shape index (κ3) is 4.49. The summed E-state index contributed by atoms with van der Waals surface area (Å²) in [5.74, 6) is 0.249. The van der Waals surface area contributed by atoms with Crippen molar-refractivity contribution >= 4 is 28.8 Å². The highest BCUT2D eigenvalue weighted by molar-refractivity contribution is 6.03. The predicted octanol–water partition coefficient (Wildman–Crippen LogP) is 4.29. The molecule has 0 bridgehead atoms. The summed E-state index contributed by atoms with van der Waals surface area (Å²) in [4.78, 5) is 28.1. The molecule has 0 saturated carbocycles. The molecule has 0 saturated heterocycles. The van der Waals surface area contributed by atoms with Crippen LogP contribution in [-0.4, -0.2) is 23.8 Å². The number of carbonyl (C=O) groups excluding carboxylic acids is 2. The van der Waals surface area contributed by atoms with Gasteiger partial charge >= 0.3 is 0 Å². The zero-order valence-corrected chi connectivity index (χ0v) is 15.0. The van der Waals surface area contributed by atoms with E-state index in [0.29, 0.717) is 22.7 Å². The number of ketones is 1. The molecule has 27 heavy (non-hydrogen) atoms. The number of pyridine rings is 1. The van der Waals surface area contributed by atoms with E-state index < -0.39 is 0 Å². The van der Waals surface area contributed by atoms with Crippen molar-refractivity contribution in [2.24, 2.45) is 0 Å². The molecule has 1 aromatic heterocycles. The van der Waals surface area contributed by atoms with E-state index in [-0.39, 0.29) is 17.4 Å². The van der Waals surface area contributed by atoms with Crippen LogP contribution in [0.25, 0.3) is 0 Å². The van der Waals surface area contributed by atoms with E-state index in [2.05, 4.69) is 15.6 Å². The van der Waals surface area contributed by atoms with Crippen molar-refractivity contribution in [3.8, 4) is 5.75 Å². The van der Waals surface area contributed by atoms with E-state index in [1.165, 1.54) is 6.92 Å².